The van der Waals surface area contributed by atoms with E-state index < -0.39 is 13.0 Å². The number of ether oxygens (including phenoxy) is 2. The first-order valence-corrected chi connectivity index (χ1v) is 6.63. The Labute approximate surface area is 121 Å². The molecule has 0 amide bonds. The first-order chi connectivity index (χ1) is 9.44. The largest absolute Gasteiger partial charge is 0.522 e. The average molecular weight is 312 g/mol. The second-order valence-corrected chi connectivity index (χ2v) is 4.44. The van der Waals surface area contributed by atoms with Crippen molar-refractivity contribution in [1.82, 2.24) is 5.32 Å². The second kappa shape index (κ2) is 8.34. The van der Waals surface area contributed by atoms with Crippen LogP contribution in [0.1, 0.15) is 18.9 Å². The molecule has 1 aromatic carbocycles. The van der Waals surface area contributed by atoms with E-state index in [-0.39, 0.29) is 6.61 Å². The number of nitrogens with one attached hydrogen (secondary N) is 1. The van der Waals surface area contributed by atoms with Crippen LogP contribution in [0.2, 0.25) is 5.02 Å². The summed E-state index contributed by atoms with van der Waals surface area (Å²) in [5.74, 6) is 0.465. The molecule has 0 aliphatic rings. The molecule has 1 aromatic rings. The van der Waals surface area contributed by atoms with Gasteiger partial charge in [0.25, 0.3) is 0 Å². The van der Waals surface area contributed by atoms with Crippen molar-refractivity contribution in [1.29, 1.82) is 0 Å². The van der Waals surface area contributed by atoms with Crippen LogP contribution in [0.4, 0.5) is 13.2 Å². The minimum Gasteiger partial charge on any atom is -0.491 e. The van der Waals surface area contributed by atoms with Crippen LogP contribution < -0.4 is 10.1 Å². The van der Waals surface area contributed by atoms with Crippen LogP contribution >= 0.6 is 11.6 Å². The van der Waals surface area contributed by atoms with Crippen molar-refractivity contribution in [2.24, 2.45) is 0 Å². The molecule has 1 N–H and O–H groups in total. The third-order valence-electron chi connectivity index (χ3n) is 2.41. The molecule has 3 nitrogen and oxygen atoms in total. The predicted octanol–water partition coefficient (Wildman–Crippen LogP) is 3.75. The van der Waals surface area contributed by atoms with E-state index in [1.165, 1.54) is 0 Å². The molecule has 0 atom stereocenters. The van der Waals surface area contributed by atoms with Crippen molar-refractivity contribution < 1.29 is 22.6 Å². The van der Waals surface area contributed by atoms with Crippen LogP contribution in [0.15, 0.2) is 18.2 Å². The number of hydrogen-bond donors (Lipinski definition) is 1. The SMILES string of the molecule is CCCNCc1c(Cl)cccc1OCCOC(F)(F)F. The van der Waals surface area contributed by atoms with E-state index in [1.54, 1.807) is 18.2 Å². The minimum absolute atomic E-state index is 0.194. The quantitative estimate of drug-likeness (QED) is 0.742. The zero-order valence-electron chi connectivity index (χ0n) is 11.1. The molecule has 0 spiro atoms. The molecule has 0 aromatic heterocycles. The highest BCUT2D eigenvalue weighted by Gasteiger charge is 2.28. The first-order valence-electron chi connectivity index (χ1n) is 6.25. The maximum Gasteiger partial charge on any atom is 0.522 e. The second-order valence-electron chi connectivity index (χ2n) is 4.04. The summed E-state index contributed by atoms with van der Waals surface area (Å²) < 4.78 is 44.4. The van der Waals surface area contributed by atoms with Gasteiger partial charge < -0.3 is 10.1 Å². The van der Waals surface area contributed by atoms with E-state index in [4.69, 9.17) is 16.3 Å². The van der Waals surface area contributed by atoms with Gasteiger partial charge in [0.2, 0.25) is 0 Å². The highest BCUT2D eigenvalue weighted by Crippen LogP contribution is 2.26. The van der Waals surface area contributed by atoms with Gasteiger partial charge in [0, 0.05) is 17.1 Å². The molecule has 20 heavy (non-hydrogen) atoms. The third-order valence-corrected chi connectivity index (χ3v) is 2.77. The highest BCUT2D eigenvalue weighted by molar-refractivity contribution is 6.31. The summed E-state index contributed by atoms with van der Waals surface area (Å²) in [6.07, 6.45) is -3.66. The van der Waals surface area contributed by atoms with Gasteiger partial charge in [-0.15, -0.1) is 13.2 Å². The third kappa shape index (κ3) is 6.45. The smallest absolute Gasteiger partial charge is 0.491 e. The van der Waals surface area contributed by atoms with Gasteiger partial charge in [-0.25, -0.2) is 0 Å². The van der Waals surface area contributed by atoms with Gasteiger partial charge in [0.05, 0.1) is 6.61 Å². The normalized spacial score (nSPS) is 11.7. The van der Waals surface area contributed by atoms with Gasteiger partial charge >= 0.3 is 6.36 Å². The summed E-state index contributed by atoms with van der Waals surface area (Å²) in [5.41, 5.74) is 0.731. The number of hydrogen-bond acceptors (Lipinski definition) is 3. The van der Waals surface area contributed by atoms with E-state index >= 15 is 0 Å². The zero-order chi connectivity index (χ0) is 15.0. The van der Waals surface area contributed by atoms with Gasteiger partial charge in [0.15, 0.2) is 0 Å². The van der Waals surface area contributed by atoms with Gasteiger partial charge in [-0.3, -0.25) is 4.74 Å². The Hall–Kier alpha value is -0.980. The van der Waals surface area contributed by atoms with E-state index in [1.807, 2.05) is 6.92 Å². The van der Waals surface area contributed by atoms with E-state index in [2.05, 4.69) is 10.1 Å². The molecule has 7 heteroatoms. The van der Waals surface area contributed by atoms with Crippen LogP contribution in [-0.2, 0) is 11.3 Å². The first kappa shape index (κ1) is 17.1. The summed E-state index contributed by atoms with van der Waals surface area (Å²) in [4.78, 5) is 0. The van der Waals surface area contributed by atoms with Gasteiger partial charge in [0.1, 0.15) is 12.4 Å². The lowest BCUT2D eigenvalue weighted by atomic mass is 10.2. The molecule has 0 fully saturated rings. The lowest BCUT2D eigenvalue weighted by Gasteiger charge is -2.14. The Morgan fingerprint density at radius 2 is 2.00 bits per heavy atom. The van der Waals surface area contributed by atoms with Crippen molar-refractivity contribution >= 4 is 11.6 Å². The molecule has 0 aliphatic heterocycles. The Bertz CT molecular complexity index is 413. The lowest BCUT2D eigenvalue weighted by molar-refractivity contribution is -0.325. The predicted molar refractivity (Wildman–Crippen MR) is 71.0 cm³/mol. The molecule has 0 aliphatic carbocycles. The van der Waals surface area contributed by atoms with Crippen LogP contribution in [0.3, 0.4) is 0 Å². The molecule has 0 bridgehead atoms. The van der Waals surface area contributed by atoms with Crippen molar-refractivity contribution in [2.75, 3.05) is 19.8 Å². The van der Waals surface area contributed by atoms with Gasteiger partial charge in [-0.05, 0) is 25.1 Å². The molecular formula is C13H17ClF3NO2. The fourth-order valence-electron chi connectivity index (χ4n) is 1.54. The van der Waals surface area contributed by atoms with E-state index in [0.717, 1.165) is 18.5 Å². The Balaban J connectivity index is 2.53. The zero-order valence-corrected chi connectivity index (χ0v) is 11.9. The van der Waals surface area contributed by atoms with Crippen molar-refractivity contribution in [3.63, 3.8) is 0 Å². The fraction of sp³-hybridized carbons (Fsp3) is 0.538. The Morgan fingerprint density at radius 1 is 1.25 bits per heavy atom. The maximum atomic E-state index is 11.8. The van der Waals surface area contributed by atoms with Crippen LogP contribution in [0.25, 0.3) is 0 Å². The molecule has 114 valence electrons. The van der Waals surface area contributed by atoms with Gasteiger partial charge in [-0.1, -0.05) is 24.6 Å². The maximum absolute atomic E-state index is 11.8. The topological polar surface area (TPSA) is 30.5 Å². The van der Waals surface area contributed by atoms with E-state index in [0.29, 0.717) is 17.3 Å². The minimum atomic E-state index is -4.64. The number of benzene rings is 1. The summed E-state index contributed by atoms with van der Waals surface area (Å²) >= 11 is 6.06. The molecule has 0 saturated carbocycles. The number of halogens is 4. The van der Waals surface area contributed by atoms with Crippen LogP contribution in [0.5, 0.6) is 5.75 Å². The van der Waals surface area contributed by atoms with Crippen molar-refractivity contribution in [3.05, 3.63) is 28.8 Å². The summed E-state index contributed by atoms with van der Waals surface area (Å²) in [6.45, 7) is 2.61. The monoisotopic (exact) mass is 311 g/mol. The number of rotatable bonds is 8. The van der Waals surface area contributed by atoms with Crippen LogP contribution in [-0.4, -0.2) is 26.1 Å². The summed E-state index contributed by atoms with van der Waals surface area (Å²) in [7, 11) is 0. The molecule has 0 heterocycles. The summed E-state index contributed by atoms with van der Waals surface area (Å²) in [6, 6.07) is 5.07. The summed E-state index contributed by atoms with van der Waals surface area (Å²) in [5, 5.41) is 3.69. The van der Waals surface area contributed by atoms with Crippen molar-refractivity contribution in [2.45, 2.75) is 26.3 Å². The standard InChI is InChI=1S/C13H17ClF3NO2/c1-2-6-18-9-10-11(14)4-3-5-12(10)19-7-8-20-13(15,16)17/h3-5,18H,2,6-9H2,1H3. The van der Waals surface area contributed by atoms with E-state index in [9.17, 15) is 13.2 Å². The lowest BCUT2D eigenvalue weighted by Crippen LogP contribution is -2.19. The van der Waals surface area contributed by atoms with Crippen LogP contribution in [0, 0.1) is 0 Å². The number of alkyl halides is 3. The molecule has 0 radical (unpaired) electrons. The highest BCUT2D eigenvalue weighted by atomic mass is 35.5. The Morgan fingerprint density at radius 3 is 2.65 bits per heavy atom. The molecular weight excluding hydrogens is 295 g/mol. The van der Waals surface area contributed by atoms with Crippen molar-refractivity contribution in [3.8, 4) is 5.75 Å². The Kier molecular flexibility index (Phi) is 7.12. The molecule has 0 unspecified atom stereocenters. The average Bonchev–Trinajstić information content (AvgIpc) is 2.36. The fourth-order valence-corrected chi connectivity index (χ4v) is 1.78. The molecule has 0 saturated heterocycles. The van der Waals surface area contributed by atoms with Gasteiger partial charge in [-0.2, -0.15) is 0 Å². The molecule has 1 rings (SSSR count).